The summed E-state index contributed by atoms with van der Waals surface area (Å²) in [4.78, 5) is 38.1. The van der Waals surface area contributed by atoms with Crippen molar-refractivity contribution in [2.75, 3.05) is 47.5 Å². The van der Waals surface area contributed by atoms with Crippen LogP contribution in [0, 0.1) is 0 Å². The molecule has 0 amide bonds. The first-order chi connectivity index (χ1) is 42.0. The van der Waals surface area contributed by atoms with Crippen LogP contribution in [0.2, 0.25) is 0 Å². The van der Waals surface area contributed by atoms with Crippen LogP contribution < -0.4 is 4.89 Å². The third-order valence-electron chi connectivity index (χ3n) is 18.1. The molecule has 0 aliphatic heterocycles. The number of nitrogens with zero attached hydrogens (tertiary/aromatic N) is 1. The van der Waals surface area contributed by atoms with E-state index in [0.717, 1.165) is 32.1 Å². The third kappa shape index (κ3) is 72.1. The van der Waals surface area contributed by atoms with Gasteiger partial charge in [-0.25, -0.2) is 0 Å². The lowest BCUT2D eigenvalue weighted by atomic mass is 10.0. The highest BCUT2D eigenvalue weighted by Crippen LogP contribution is 2.38. The molecule has 0 aromatic heterocycles. The number of carbonyl (C=O) groups excluding carboxylic acids is 2. The largest absolute Gasteiger partial charge is 0.756 e. The van der Waals surface area contributed by atoms with Crippen LogP contribution in [-0.4, -0.2) is 70.0 Å². The lowest BCUT2D eigenvalue weighted by Crippen LogP contribution is -2.37. The van der Waals surface area contributed by atoms with Gasteiger partial charge in [-0.2, -0.15) is 0 Å². The molecule has 0 bridgehead atoms. The Hall–Kier alpha value is -0.990. The van der Waals surface area contributed by atoms with Gasteiger partial charge in [0.25, 0.3) is 7.82 Å². The zero-order chi connectivity index (χ0) is 62.6. The minimum absolute atomic E-state index is 0.0247. The Balaban J connectivity index is 3.86. The van der Waals surface area contributed by atoms with Crippen molar-refractivity contribution in [2.45, 2.75) is 431 Å². The highest BCUT2D eigenvalue weighted by Gasteiger charge is 2.22. The Morgan fingerprint density at radius 1 is 0.314 bits per heavy atom. The third-order valence-corrected chi connectivity index (χ3v) is 19.1. The number of hydrogen-bond acceptors (Lipinski definition) is 8. The maximum atomic E-state index is 12.9. The first-order valence-electron chi connectivity index (χ1n) is 38.7. The number of phosphoric acid groups is 1. The highest BCUT2D eigenvalue weighted by molar-refractivity contribution is 7.45. The van der Waals surface area contributed by atoms with Crippen molar-refractivity contribution in [3.05, 3.63) is 0 Å². The average molecular weight is 1240 g/mol. The van der Waals surface area contributed by atoms with Crippen LogP contribution in [0.25, 0.3) is 0 Å². The number of quaternary nitrogens is 1. The normalized spacial score (nSPS) is 13.0. The molecule has 0 saturated heterocycles. The lowest BCUT2D eigenvalue weighted by Gasteiger charge is -2.28. The number of likely N-dealkylation sites (N-methyl/N-ethyl adjacent to an activating group) is 1. The van der Waals surface area contributed by atoms with Gasteiger partial charge in [0.15, 0.2) is 6.10 Å². The van der Waals surface area contributed by atoms with E-state index in [1.165, 1.54) is 360 Å². The summed E-state index contributed by atoms with van der Waals surface area (Å²) < 4.78 is 34.4. The summed E-state index contributed by atoms with van der Waals surface area (Å²) in [6, 6.07) is 0. The molecule has 2 atom stereocenters. The molecule has 0 aromatic carbocycles. The summed E-state index contributed by atoms with van der Waals surface area (Å²) in [7, 11) is 1.20. The second-order valence-electron chi connectivity index (χ2n) is 28.1. The molecule has 0 rings (SSSR count). The fourth-order valence-corrected chi connectivity index (χ4v) is 12.9. The Labute approximate surface area is 537 Å². The molecular weight excluding hydrogens is 1090 g/mol. The SMILES string of the molecule is CCCCCCCCCCCCCCCCCCCCCCCCCCCCCCCCCCCCCCCCCC(=O)OC(COC(=O)CCCCCCCCCCCCCCCCCCCCCCCCC)COP(=O)([O-])OCC[N+](C)(C)C. The number of phosphoric ester groups is 1. The second kappa shape index (κ2) is 68.4. The molecule has 0 saturated carbocycles. The van der Waals surface area contributed by atoms with Gasteiger partial charge in [0.05, 0.1) is 27.7 Å². The molecule has 9 nitrogen and oxygen atoms in total. The molecule has 0 heterocycles. The van der Waals surface area contributed by atoms with Gasteiger partial charge in [-0.1, -0.05) is 399 Å². The molecule has 0 N–H and O–H groups in total. The summed E-state index contributed by atoms with van der Waals surface area (Å²) in [5, 5.41) is 0. The van der Waals surface area contributed by atoms with E-state index in [2.05, 4.69) is 13.8 Å². The molecule has 0 aliphatic rings. The van der Waals surface area contributed by atoms with Gasteiger partial charge < -0.3 is 27.9 Å². The van der Waals surface area contributed by atoms with Crippen molar-refractivity contribution in [2.24, 2.45) is 0 Å². The maximum Gasteiger partial charge on any atom is 0.306 e. The summed E-state index contributed by atoms with van der Waals surface area (Å²) in [5.74, 6) is -0.802. The first kappa shape index (κ1) is 85.0. The molecule has 0 fully saturated rings. The minimum Gasteiger partial charge on any atom is -0.756 e. The van der Waals surface area contributed by atoms with Crippen molar-refractivity contribution in [3.8, 4) is 0 Å². The van der Waals surface area contributed by atoms with Gasteiger partial charge >= 0.3 is 11.9 Å². The molecule has 0 aromatic rings. The molecule has 0 aliphatic carbocycles. The van der Waals surface area contributed by atoms with Gasteiger partial charge in [-0.3, -0.25) is 14.2 Å². The Morgan fingerprint density at radius 3 is 0.744 bits per heavy atom. The summed E-state index contributed by atoms with van der Waals surface area (Å²) in [5.41, 5.74) is 0. The maximum absolute atomic E-state index is 12.9. The zero-order valence-corrected chi connectivity index (χ0v) is 59.7. The number of carbonyl (C=O) groups is 2. The van der Waals surface area contributed by atoms with Crippen molar-refractivity contribution >= 4 is 19.8 Å². The molecule has 86 heavy (non-hydrogen) atoms. The van der Waals surface area contributed by atoms with E-state index < -0.39 is 26.5 Å². The van der Waals surface area contributed by atoms with Gasteiger partial charge in [0.1, 0.15) is 19.8 Å². The molecule has 0 spiro atoms. The highest BCUT2D eigenvalue weighted by atomic mass is 31.2. The van der Waals surface area contributed by atoms with Crippen LogP contribution in [0.4, 0.5) is 0 Å². The molecule has 2 unspecified atom stereocenters. The predicted molar refractivity (Wildman–Crippen MR) is 370 cm³/mol. The molecule has 0 radical (unpaired) electrons. The monoisotopic (exact) mass is 1240 g/mol. The average Bonchev–Trinajstić information content (AvgIpc) is 3.56. The van der Waals surface area contributed by atoms with Crippen LogP contribution in [0.15, 0.2) is 0 Å². The molecular formula is C76H152NO8P. The zero-order valence-electron chi connectivity index (χ0n) is 58.8. The first-order valence-corrected chi connectivity index (χ1v) is 40.2. The van der Waals surface area contributed by atoms with Crippen LogP contribution >= 0.6 is 7.82 Å². The van der Waals surface area contributed by atoms with Crippen molar-refractivity contribution in [3.63, 3.8) is 0 Å². The second-order valence-corrected chi connectivity index (χ2v) is 29.5. The molecule has 514 valence electrons. The number of ether oxygens (including phenoxy) is 2. The van der Waals surface area contributed by atoms with Gasteiger partial charge in [-0.05, 0) is 12.8 Å². The van der Waals surface area contributed by atoms with E-state index in [1.54, 1.807) is 0 Å². The van der Waals surface area contributed by atoms with E-state index in [4.69, 9.17) is 18.5 Å². The quantitative estimate of drug-likeness (QED) is 0.0256. The standard InChI is InChI=1S/C76H152NO8P/c1-6-8-10-12-14-16-18-20-22-24-26-28-30-31-32-33-34-35-36-37-38-39-40-41-42-43-44-45-47-49-51-53-55-57-59-61-63-65-67-69-76(79)85-74(73-84-86(80,81)83-71-70-77(3,4)5)72-82-75(78)68-66-64-62-60-58-56-54-52-50-48-46-29-27-25-23-21-19-17-15-13-11-9-7-2/h74H,6-73H2,1-5H3. The predicted octanol–water partition coefficient (Wildman–Crippen LogP) is 24.7. The van der Waals surface area contributed by atoms with Crippen molar-refractivity contribution in [1.82, 2.24) is 0 Å². The van der Waals surface area contributed by atoms with Gasteiger partial charge in [0.2, 0.25) is 0 Å². The smallest absolute Gasteiger partial charge is 0.306 e. The topological polar surface area (TPSA) is 111 Å². The summed E-state index contributed by atoms with van der Waals surface area (Å²) >= 11 is 0. The minimum atomic E-state index is -4.64. The fourth-order valence-electron chi connectivity index (χ4n) is 12.2. The van der Waals surface area contributed by atoms with E-state index in [1.807, 2.05) is 21.1 Å². The number of rotatable bonds is 74. The van der Waals surface area contributed by atoms with Gasteiger partial charge in [0, 0.05) is 12.8 Å². The van der Waals surface area contributed by atoms with Crippen LogP contribution in [0.1, 0.15) is 425 Å². The Bertz CT molecular complexity index is 1410. The van der Waals surface area contributed by atoms with E-state index in [9.17, 15) is 19.0 Å². The van der Waals surface area contributed by atoms with Crippen LogP contribution in [0.5, 0.6) is 0 Å². The number of hydrogen-bond donors (Lipinski definition) is 0. The Morgan fingerprint density at radius 2 is 0.523 bits per heavy atom. The van der Waals surface area contributed by atoms with E-state index in [-0.39, 0.29) is 32.0 Å². The number of esters is 2. The van der Waals surface area contributed by atoms with E-state index in [0.29, 0.717) is 17.4 Å². The van der Waals surface area contributed by atoms with Crippen molar-refractivity contribution in [1.29, 1.82) is 0 Å². The lowest BCUT2D eigenvalue weighted by molar-refractivity contribution is -0.870. The summed E-state index contributed by atoms with van der Waals surface area (Å²) in [6.07, 6.45) is 83.8. The summed E-state index contributed by atoms with van der Waals surface area (Å²) in [6.45, 7) is 4.34. The van der Waals surface area contributed by atoms with E-state index >= 15 is 0 Å². The van der Waals surface area contributed by atoms with Crippen molar-refractivity contribution < 1.29 is 42.1 Å². The van der Waals surface area contributed by atoms with Crippen LogP contribution in [0.3, 0.4) is 0 Å². The molecule has 10 heteroatoms. The van der Waals surface area contributed by atoms with Crippen LogP contribution in [-0.2, 0) is 32.7 Å². The Kier molecular flexibility index (Phi) is 67.6. The van der Waals surface area contributed by atoms with Gasteiger partial charge in [-0.15, -0.1) is 0 Å². The number of unbranched alkanes of at least 4 members (excludes halogenated alkanes) is 60. The fraction of sp³-hybridized carbons (Fsp3) is 0.974.